The first kappa shape index (κ1) is 14.5. The highest BCUT2D eigenvalue weighted by molar-refractivity contribution is 5.76. The summed E-state index contributed by atoms with van der Waals surface area (Å²) in [6, 6.07) is 1.24. The molecular weight excluding hydrogens is 270 g/mol. The number of aromatic nitrogens is 3. The van der Waals surface area contributed by atoms with Gasteiger partial charge in [-0.3, -0.25) is 4.79 Å². The standard InChI is InChI=1S/C14H23N5O2/c20-14(3-6-19-9-15-16-10-19)18-13-2-1-12(13)17-11-4-7-21-8-5-11/h9-13,17H,1-8H2,(H,18,20)/t12-,13+/m1/s1. The molecule has 2 aliphatic rings. The first-order valence-corrected chi connectivity index (χ1v) is 7.77. The Kier molecular flexibility index (Phi) is 4.82. The van der Waals surface area contributed by atoms with E-state index in [1.165, 1.54) is 0 Å². The summed E-state index contributed by atoms with van der Waals surface area (Å²) in [5, 5.41) is 14.2. The molecule has 21 heavy (non-hydrogen) atoms. The monoisotopic (exact) mass is 293 g/mol. The minimum absolute atomic E-state index is 0.104. The zero-order valence-corrected chi connectivity index (χ0v) is 12.2. The van der Waals surface area contributed by atoms with Crippen LogP contribution in [0.2, 0.25) is 0 Å². The summed E-state index contributed by atoms with van der Waals surface area (Å²) in [5.41, 5.74) is 0. The van der Waals surface area contributed by atoms with E-state index in [1.54, 1.807) is 12.7 Å². The van der Waals surface area contributed by atoms with E-state index in [0.29, 0.717) is 25.0 Å². The summed E-state index contributed by atoms with van der Waals surface area (Å²) >= 11 is 0. The molecule has 1 aromatic heterocycles. The molecule has 7 nitrogen and oxygen atoms in total. The topological polar surface area (TPSA) is 81.1 Å². The minimum Gasteiger partial charge on any atom is -0.381 e. The fourth-order valence-corrected chi connectivity index (χ4v) is 2.89. The summed E-state index contributed by atoms with van der Waals surface area (Å²) in [4.78, 5) is 12.0. The first-order chi connectivity index (χ1) is 10.3. The molecule has 2 heterocycles. The Bertz CT molecular complexity index is 444. The van der Waals surface area contributed by atoms with Gasteiger partial charge >= 0.3 is 0 Å². The van der Waals surface area contributed by atoms with Gasteiger partial charge in [0, 0.05) is 44.3 Å². The smallest absolute Gasteiger partial charge is 0.222 e. The summed E-state index contributed by atoms with van der Waals surface area (Å²) in [6.07, 6.45) is 8.10. The van der Waals surface area contributed by atoms with E-state index in [1.807, 2.05) is 4.57 Å². The van der Waals surface area contributed by atoms with Crippen LogP contribution >= 0.6 is 0 Å². The van der Waals surface area contributed by atoms with Crippen molar-refractivity contribution in [1.29, 1.82) is 0 Å². The lowest BCUT2D eigenvalue weighted by atomic mass is 9.85. The molecule has 2 N–H and O–H groups in total. The lowest BCUT2D eigenvalue weighted by Gasteiger charge is -2.41. The first-order valence-electron chi connectivity index (χ1n) is 7.77. The van der Waals surface area contributed by atoms with Gasteiger partial charge in [-0.2, -0.15) is 0 Å². The Hall–Kier alpha value is -1.47. The molecule has 0 aromatic carbocycles. The lowest BCUT2D eigenvalue weighted by molar-refractivity contribution is -0.122. The average Bonchev–Trinajstić information content (AvgIpc) is 3.02. The zero-order valence-electron chi connectivity index (χ0n) is 12.2. The normalized spacial score (nSPS) is 26.3. The van der Waals surface area contributed by atoms with Crippen molar-refractivity contribution in [3.05, 3.63) is 12.7 Å². The van der Waals surface area contributed by atoms with Gasteiger partial charge in [0.25, 0.3) is 0 Å². The number of hydrogen-bond donors (Lipinski definition) is 2. The second-order valence-electron chi connectivity index (χ2n) is 5.86. The molecule has 1 saturated carbocycles. The van der Waals surface area contributed by atoms with Crippen molar-refractivity contribution in [3.8, 4) is 0 Å². The van der Waals surface area contributed by atoms with E-state index in [0.717, 1.165) is 38.9 Å². The molecule has 3 rings (SSSR count). The van der Waals surface area contributed by atoms with E-state index in [4.69, 9.17) is 4.74 Å². The van der Waals surface area contributed by atoms with Crippen molar-refractivity contribution in [1.82, 2.24) is 25.4 Å². The van der Waals surface area contributed by atoms with E-state index < -0.39 is 0 Å². The molecule has 0 spiro atoms. The Balaban J connectivity index is 1.37. The molecule has 0 bridgehead atoms. The van der Waals surface area contributed by atoms with Crippen LogP contribution in [0.25, 0.3) is 0 Å². The molecule has 1 aromatic rings. The molecule has 1 aliphatic heterocycles. The van der Waals surface area contributed by atoms with E-state index >= 15 is 0 Å². The fraction of sp³-hybridized carbons (Fsp3) is 0.786. The van der Waals surface area contributed by atoms with Crippen LogP contribution in [0.5, 0.6) is 0 Å². The number of rotatable bonds is 6. The van der Waals surface area contributed by atoms with Crippen LogP contribution in [0, 0.1) is 0 Å². The molecule has 2 atom stereocenters. The minimum atomic E-state index is 0.104. The molecular formula is C14H23N5O2. The fourth-order valence-electron chi connectivity index (χ4n) is 2.89. The van der Waals surface area contributed by atoms with Gasteiger partial charge in [-0.25, -0.2) is 0 Å². The Morgan fingerprint density at radius 2 is 1.86 bits per heavy atom. The number of nitrogens with one attached hydrogen (secondary N) is 2. The van der Waals surface area contributed by atoms with Crippen LogP contribution in [0.1, 0.15) is 32.1 Å². The highest BCUT2D eigenvalue weighted by atomic mass is 16.5. The predicted octanol–water partition coefficient (Wildman–Crippen LogP) is 0.0840. The highest BCUT2D eigenvalue weighted by Gasteiger charge is 2.33. The number of nitrogens with zero attached hydrogens (tertiary/aromatic N) is 3. The summed E-state index contributed by atoms with van der Waals surface area (Å²) in [5.74, 6) is 0.104. The Morgan fingerprint density at radius 3 is 2.52 bits per heavy atom. The van der Waals surface area contributed by atoms with Crippen LogP contribution in [0.15, 0.2) is 12.7 Å². The van der Waals surface area contributed by atoms with E-state index in [9.17, 15) is 4.79 Å². The SMILES string of the molecule is O=C(CCn1cnnc1)N[C@H]1CC[C@H]1NC1CCOCC1. The third-order valence-electron chi connectivity index (χ3n) is 4.36. The second kappa shape index (κ2) is 7.00. The van der Waals surface area contributed by atoms with Crippen molar-refractivity contribution in [2.45, 2.75) is 56.8 Å². The highest BCUT2D eigenvalue weighted by Crippen LogP contribution is 2.22. The molecule has 0 radical (unpaired) electrons. The third kappa shape index (κ3) is 4.01. The molecule has 0 unspecified atom stereocenters. The van der Waals surface area contributed by atoms with Gasteiger partial charge in [0.05, 0.1) is 0 Å². The van der Waals surface area contributed by atoms with E-state index in [2.05, 4.69) is 20.8 Å². The largest absolute Gasteiger partial charge is 0.381 e. The molecule has 2 fully saturated rings. The van der Waals surface area contributed by atoms with Gasteiger partial charge < -0.3 is 19.9 Å². The van der Waals surface area contributed by atoms with Gasteiger partial charge in [0.1, 0.15) is 12.7 Å². The van der Waals surface area contributed by atoms with Gasteiger partial charge in [-0.15, -0.1) is 10.2 Å². The van der Waals surface area contributed by atoms with Crippen molar-refractivity contribution in [2.24, 2.45) is 0 Å². The van der Waals surface area contributed by atoms with Crippen molar-refractivity contribution in [3.63, 3.8) is 0 Å². The van der Waals surface area contributed by atoms with Gasteiger partial charge in [-0.05, 0) is 25.7 Å². The average molecular weight is 293 g/mol. The third-order valence-corrected chi connectivity index (χ3v) is 4.36. The van der Waals surface area contributed by atoms with Crippen LogP contribution in [0.3, 0.4) is 0 Å². The van der Waals surface area contributed by atoms with Gasteiger partial charge in [0.15, 0.2) is 0 Å². The number of amides is 1. The maximum Gasteiger partial charge on any atom is 0.222 e. The predicted molar refractivity (Wildman–Crippen MR) is 76.6 cm³/mol. The molecule has 7 heteroatoms. The van der Waals surface area contributed by atoms with Crippen molar-refractivity contribution < 1.29 is 9.53 Å². The summed E-state index contributed by atoms with van der Waals surface area (Å²) < 4.78 is 7.19. The lowest BCUT2D eigenvalue weighted by Crippen LogP contribution is -2.59. The number of aryl methyl sites for hydroxylation is 1. The maximum absolute atomic E-state index is 12.0. The molecule has 116 valence electrons. The summed E-state index contributed by atoms with van der Waals surface area (Å²) in [7, 11) is 0. The van der Waals surface area contributed by atoms with Crippen molar-refractivity contribution >= 4 is 5.91 Å². The van der Waals surface area contributed by atoms with Crippen LogP contribution < -0.4 is 10.6 Å². The van der Waals surface area contributed by atoms with Crippen molar-refractivity contribution in [2.75, 3.05) is 13.2 Å². The number of hydrogen-bond acceptors (Lipinski definition) is 5. The Morgan fingerprint density at radius 1 is 1.14 bits per heavy atom. The van der Waals surface area contributed by atoms with E-state index in [-0.39, 0.29) is 11.9 Å². The molecule has 1 aliphatic carbocycles. The van der Waals surface area contributed by atoms with Gasteiger partial charge in [-0.1, -0.05) is 0 Å². The van der Waals surface area contributed by atoms with Gasteiger partial charge in [0.2, 0.25) is 5.91 Å². The Labute approximate surface area is 124 Å². The van der Waals surface area contributed by atoms with Crippen LogP contribution in [0.4, 0.5) is 0 Å². The number of carbonyl (C=O) groups is 1. The second-order valence-corrected chi connectivity index (χ2v) is 5.86. The van der Waals surface area contributed by atoms with Crippen LogP contribution in [-0.4, -0.2) is 52.0 Å². The molecule has 1 saturated heterocycles. The number of carbonyl (C=O) groups excluding carboxylic acids is 1. The number of ether oxygens (including phenoxy) is 1. The zero-order chi connectivity index (χ0) is 14.5. The summed E-state index contributed by atoms with van der Waals surface area (Å²) in [6.45, 7) is 2.32. The quantitative estimate of drug-likeness (QED) is 0.776. The van der Waals surface area contributed by atoms with Crippen LogP contribution in [-0.2, 0) is 16.1 Å². The molecule has 1 amide bonds. The maximum atomic E-state index is 12.0.